The largest absolute Gasteiger partial charge is 0.346 e. The van der Waals surface area contributed by atoms with Gasteiger partial charge in [0, 0.05) is 30.3 Å². The van der Waals surface area contributed by atoms with Crippen molar-refractivity contribution in [3.05, 3.63) is 82.0 Å². The monoisotopic (exact) mass is 414 g/mol. The van der Waals surface area contributed by atoms with Gasteiger partial charge in [-0.05, 0) is 36.2 Å². The molecule has 29 heavy (non-hydrogen) atoms. The second kappa shape index (κ2) is 7.16. The number of benzene rings is 2. The molecule has 0 aromatic heterocycles. The molecule has 0 radical (unpaired) electrons. The van der Waals surface area contributed by atoms with E-state index in [0.29, 0.717) is 21.8 Å². The van der Waals surface area contributed by atoms with E-state index in [-0.39, 0.29) is 11.5 Å². The number of hydrogen-bond acceptors (Lipinski definition) is 2. The lowest BCUT2D eigenvalue weighted by Gasteiger charge is -2.49. The summed E-state index contributed by atoms with van der Waals surface area (Å²) < 4.78 is 27.3. The van der Waals surface area contributed by atoms with Crippen LogP contribution in [0.2, 0.25) is 5.02 Å². The number of hydrogen-bond donors (Lipinski definition) is 2. The average Bonchev–Trinajstić information content (AvgIpc) is 2.66. The standard InChI is InChI=1S/C22H21ClF2N4/c1-13-19(15-6-8-16(9-7-15)22(3,24)25)21(2,28-20(27)29(13)4)17-11-14(12-26)5-10-18(17)23/h5-11,19H,1H2,2-4H3,(H2,27,28)/t19-,21+/m0/s1. The van der Waals surface area contributed by atoms with Gasteiger partial charge in [-0.3, -0.25) is 5.41 Å². The third-order valence-electron chi connectivity index (χ3n) is 5.46. The molecule has 2 aromatic rings. The van der Waals surface area contributed by atoms with E-state index >= 15 is 0 Å². The number of alkyl halides is 2. The van der Waals surface area contributed by atoms with Crippen LogP contribution in [0.4, 0.5) is 8.78 Å². The van der Waals surface area contributed by atoms with E-state index in [1.54, 1.807) is 42.3 Å². The molecule has 1 heterocycles. The Bertz CT molecular complexity index is 1020. The molecule has 0 spiro atoms. The van der Waals surface area contributed by atoms with Gasteiger partial charge in [0.25, 0.3) is 5.92 Å². The van der Waals surface area contributed by atoms with Crippen LogP contribution in [0.1, 0.15) is 42.0 Å². The van der Waals surface area contributed by atoms with Crippen molar-refractivity contribution in [3.8, 4) is 6.07 Å². The number of nitriles is 1. The zero-order chi connectivity index (χ0) is 21.6. The molecular weight excluding hydrogens is 394 g/mol. The van der Waals surface area contributed by atoms with Crippen LogP contribution in [0.25, 0.3) is 0 Å². The first-order valence-corrected chi connectivity index (χ1v) is 9.34. The van der Waals surface area contributed by atoms with Crippen LogP contribution < -0.4 is 5.32 Å². The highest BCUT2D eigenvalue weighted by atomic mass is 35.5. The van der Waals surface area contributed by atoms with E-state index in [9.17, 15) is 14.0 Å². The van der Waals surface area contributed by atoms with Crippen LogP contribution >= 0.6 is 11.6 Å². The van der Waals surface area contributed by atoms with Crippen molar-refractivity contribution in [2.75, 3.05) is 7.05 Å². The van der Waals surface area contributed by atoms with Gasteiger partial charge in [-0.25, -0.2) is 8.78 Å². The molecule has 0 unspecified atom stereocenters. The minimum absolute atomic E-state index is 0.0806. The van der Waals surface area contributed by atoms with E-state index in [4.69, 9.17) is 17.0 Å². The summed E-state index contributed by atoms with van der Waals surface area (Å²) in [6.07, 6.45) is 0. The van der Waals surface area contributed by atoms with Crippen LogP contribution in [0.15, 0.2) is 54.7 Å². The number of rotatable bonds is 3. The van der Waals surface area contributed by atoms with Crippen LogP contribution in [0.3, 0.4) is 0 Å². The van der Waals surface area contributed by atoms with E-state index in [1.807, 2.05) is 6.92 Å². The fourth-order valence-corrected chi connectivity index (χ4v) is 4.10. The lowest BCUT2D eigenvalue weighted by molar-refractivity contribution is 0.0174. The van der Waals surface area contributed by atoms with Gasteiger partial charge >= 0.3 is 0 Å². The molecule has 2 aromatic carbocycles. The molecule has 0 bridgehead atoms. The lowest BCUT2D eigenvalue weighted by atomic mass is 9.72. The number of guanidine groups is 1. The highest BCUT2D eigenvalue weighted by Crippen LogP contribution is 2.47. The Morgan fingerprint density at radius 1 is 1.28 bits per heavy atom. The highest BCUT2D eigenvalue weighted by molar-refractivity contribution is 6.31. The molecule has 0 saturated carbocycles. The molecule has 1 aliphatic rings. The van der Waals surface area contributed by atoms with Gasteiger partial charge in [-0.1, -0.05) is 42.4 Å². The highest BCUT2D eigenvalue weighted by Gasteiger charge is 2.46. The Labute approximate surface area is 173 Å². The third kappa shape index (κ3) is 3.58. The maximum Gasteiger partial charge on any atom is 0.270 e. The first-order valence-electron chi connectivity index (χ1n) is 8.96. The van der Waals surface area contributed by atoms with E-state index in [2.05, 4.69) is 18.0 Å². The van der Waals surface area contributed by atoms with Crippen molar-refractivity contribution >= 4 is 17.6 Å². The summed E-state index contributed by atoms with van der Waals surface area (Å²) in [7, 11) is 1.71. The van der Waals surface area contributed by atoms with Crippen LogP contribution in [0, 0.1) is 16.7 Å². The summed E-state index contributed by atoms with van der Waals surface area (Å²) in [6.45, 7) is 6.88. The van der Waals surface area contributed by atoms with Gasteiger partial charge < -0.3 is 10.2 Å². The summed E-state index contributed by atoms with van der Waals surface area (Å²) in [5, 5.41) is 21.2. The summed E-state index contributed by atoms with van der Waals surface area (Å²) in [4.78, 5) is 1.61. The zero-order valence-electron chi connectivity index (χ0n) is 16.4. The van der Waals surface area contributed by atoms with Gasteiger partial charge in [0.1, 0.15) is 0 Å². The normalized spacial score (nSPS) is 22.2. The van der Waals surface area contributed by atoms with E-state index in [1.165, 1.54) is 12.1 Å². The molecule has 1 aliphatic heterocycles. The number of nitrogens with one attached hydrogen (secondary N) is 2. The van der Waals surface area contributed by atoms with E-state index in [0.717, 1.165) is 12.5 Å². The van der Waals surface area contributed by atoms with Crippen LogP contribution in [-0.4, -0.2) is 17.9 Å². The predicted octanol–water partition coefficient (Wildman–Crippen LogP) is 5.31. The average molecular weight is 415 g/mol. The SMILES string of the molecule is C=C1[C@@H](c2ccc(C(C)(F)F)cc2)[C@@](C)(c2cc(C#N)ccc2Cl)NC(=N)N1C. The molecule has 3 rings (SSSR count). The molecular formula is C22H21ClF2N4. The molecule has 2 N–H and O–H groups in total. The van der Waals surface area contributed by atoms with Crippen molar-refractivity contribution in [3.63, 3.8) is 0 Å². The minimum atomic E-state index is -2.94. The molecule has 1 fully saturated rings. The van der Waals surface area contributed by atoms with Crippen molar-refractivity contribution in [2.45, 2.75) is 31.2 Å². The summed E-state index contributed by atoms with van der Waals surface area (Å²) in [5.74, 6) is -3.22. The molecule has 2 atom stereocenters. The fraction of sp³-hybridized carbons (Fsp3) is 0.273. The van der Waals surface area contributed by atoms with Gasteiger partial charge in [-0.2, -0.15) is 5.26 Å². The molecule has 150 valence electrons. The van der Waals surface area contributed by atoms with Crippen molar-refractivity contribution in [2.24, 2.45) is 0 Å². The molecule has 0 amide bonds. The third-order valence-corrected chi connectivity index (χ3v) is 5.79. The Kier molecular flexibility index (Phi) is 5.14. The van der Waals surface area contributed by atoms with Gasteiger partial charge in [-0.15, -0.1) is 0 Å². The maximum absolute atomic E-state index is 13.7. The van der Waals surface area contributed by atoms with Gasteiger partial charge in [0.2, 0.25) is 0 Å². The zero-order valence-corrected chi connectivity index (χ0v) is 17.1. The maximum atomic E-state index is 13.7. The summed E-state index contributed by atoms with van der Waals surface area (Å²) in [5.41, 5.74) is 1.43. The Morgan fingerprint density at radius 3 is 2.45 bits per heavy atom. The molecule has 4 nitrogen and oxygen atoms in total. The van der Waals surface area contributed by atoms with Crippen molar-refractivity contribution < 1.29 is 8.78 Å². The Morgan fingerprint density at radius 2 is 1.90 bits per heavy atom. The van der Waals surface area contributed by atoms with Crippen molar-refractivity contribution in [1.82, 2.24) is 10.2 Å². The van der Waals surface area contributed by atoms with Gasteiger partial charge in [0.15, 0.2) is 5.96 Å². The second-order valence-electron chi connectivity index (χ2n) is 7.48. The number of likely N-dealkylation sites (N-methyl/N-ethyl adjacent to an activating group) is 1. The van der Waals surface area contributed by atoms with Crippen LogP contribution in [-0.2, 0) is 11.5 Å². The molecule has 0 aliphatic carbocycles. The minimum Gasteiger partial charge on any atom is -0.346 e. The number of halogens is 3. The smallest absolute Gasteiger partial charge is 0.270 e. The summed E-state index contributed by atoms with van der Waals surface area (Å²) >= 11 is 6.48. The Balaban J connectivity index is 2.19. The van der Waals surface area contributed by atoms with E-state index < -0.39 is 17.4 Å². The topological polar surface area (TPSA) is 62.9 Å². The first kappa shape index (κ1) is 20.8. The molecule has 1 saturated heterocycles. The second-order valence-corrected chi connectivity index (χ2v) is 7.88. The quantitative estimate of drug-likeness (QED) is 0.715. The number of nitrogens with zero attached hydrogens (tertiary/aromatic N) is 2. The van der Waals surface area contributed by atoms with Gasteiger partial charge in [0.05, 0.1) is 23.1 Å². The first-order chi connectivity index (χ1) is 13.5. The lowest BCUT2D eigenvalue weighted by Crippen LogP contribution is -2.58. The van der Waals surface area contributed by atoms with Crippen molar-refractivity contribution in [1.29, 1.82) is 10.7 Å². The fourth-order valence-electron chi connectivity index (χ4n) is 3.78. The predicted molar refractivity (Wildman–Crippen MR) is 110 cm³/mol. The molecule has 7 heteroatoms. The Hall–Kier alpha value is -2.91. The summed E-state index contributed by atoms with van der Waals surface area (Å²) in [6, 6.07) is 13.1. The van der Waals surface area contributed by atoms with Crippen LogP contribution in [0.5, 0.6) is 0 Å².